The van der Waals surface area contributed by atoms with Gasteiger partial charge < -0.3 is 5.11 Å². The first-order valence-corrected chi connectivity index (χ1v) is 5.03. The fourth-order valence-corrected chi connectivity index (χ4v) is 3.09. The first-order valence-electron chi connectivity index (χ1n) is 5.03. The number of hydrogen-bond donors (Lipinski definition) is 1. The SMILES string of the molecule is CC1CC2=CCC(CCO)(C2)C1. The van der Waals surface area contributed by atoms with Gasteiger partial charge in [0.15, 0.2) is 0 Å². The van der Waals surface area contributed by atoms with Crippen LogP contribution in [0.15, 0.2) is 11.6 Å². The monoisotopic (exact) mass is 166 g/mol. The number of aliphatic hydroxyl groups excluding tert-OH is 1. The molecule has 0 saturated heterocycles. The average Bonchev–Trinajstić information content (AvgIpc) is 2.27. The largest absolute Gasteiger partial charge is 0.396 e. The van der Waals surface area contributed by atoms with Crippen LogP contribution in [0.4, 0.5) is 0 Å². The summed E-state index contributed by atoms with van der Waals surface area (Å²) >= 11 is 0. The molecule has 0 radical (unpaired) electrons. The third kappa shape index (κ3) is 1.31. The standard InChI is InChI=1S/C11H18O/c1-9-6-10-2-3-11(7-9,8-10)4-5-12/h2,9,12H,3-8H2,1H3. The summed E-state index contributed by atoms with van der Waals surface area (Å²) in [5.41, 5.74) is 2.13. The van der Waals surface area contributed by atoms with Crippen molar-refractivity contribution in [1.29, 1.82) is 0 Å². The molecule has 12 heavy (non-hydrogen) atoms. The molecule has 2 aliphatic rings. The van der Waals surface area contributed by atoms with Gasteiger partial charge in [0.05, 0.1) is 0 Å². The lowest BCUT2D eigenvalue weighted by molar-refractivity contribution is 0.143. The number of rotatable bonds is 2. The second-order valence-electron chi connectivity index (χ2n) is 4.73. The summed E-state index contributed by atoms with van der Waals surface area (Å²) in [7, 11) is 0. The molecule has 2 bridgehead atoms. The third-order valence-electron chi connectivity index (χ3n) is 3.46. The second kappa shape index (κ2) is 2.88. The average molecular weight is 166 g/mol. The van der Waals surface area contributed by atoms with Crippen LogP contribution in [0.25, 0.3) is 0 Å². The maximum absolute atomic E-state index is 9.00. The van der Waals surface area contributed by atoms with Crippen molar-refractivity contribution in [1.82, 2.24) is 0 Å². The summed E-state index contributed by atoms with van der Waals surface area (Å²) in [4.78, 5) is 0. The van der Waals surface area contributed by atoms with E-state index in [-0.39, 0.29) is 0 Å². The highest BCUT2D eigenvalue weighted by Crippen LogP contribution is 2.51. The molecule has 2 atom stereocenters. The predicted molar refractivity (Wildman–Crippen MR) is 49.9 cm³/mol. The number of hydrogen-bond acceptors (Lipinski definition) is 1. The van der Waals surface area contributed by atoms with Gasteiger partial charge in [0, 0.05) is 6.61 Å². The molecular formula is C11H18O. The van der Waals surface area contributed by atoms with Crippen LogP contribution in [-0.2, 0) is 0 Å². The molecule has 2 unspecified atom stereocenters. The maximum atomic E-state index is 9.00. The molecular weight excluding hydrogens is 148 g/mol. The van der Waals surface area contributed by atoms with Crippen LogP contribution in [0, 0.1) is 11.3 Å². The van der Waals surface area contributed by atoms with Crippen LogP contribution in [-0.4, -0.2) is 11.7 Å². The summed E-state index contributed by atoms with van der Waals surface area (Å²) < 4.78 is 0. The number of aliphatic hydroxyl groups is 1. The summed E-state index contributed by atoms with van der Waals surface area (Å²) in [6, 6.07) is 0. The van der Waals surface area contributed by atoms with E-state index < -0.39 is 0 Å². The summed E-state index contributed by atoms with van der Waals surface area (Å²) in [6.07, 6.45) is 8.57. The van der Waals surface area contributed by atoms with Crippen molar-refractivity contribution in [3.8, 4) is 0 Å². The normalized spacial score (nSPS) is 39.8. The molecule has 0 amide bonds. The zero-order valence-electron chi connectivity index (χ0n) is 7.84. The number of fused-ring (bicyclic) bond motifs is 2. The van der Waals surface area contributed by atoms with E-state index in [2.05, 4.69) is 13.0 Å². The Hall–Kier alpha value is -0.300. The van der Waals surface area contributed by atoms with E-state index in [1.54, 1.807) is 5.57 Å². The molecule has 0 spiro atoms. The minimum absolute atomic E-state index is 0.369. The first kappa shape index (κ1) is 8.31. The van der Waals surface area contributed by atoms with E-state index >= 15 is 0 Å². The van der Waals surface area contributed by atoms with Gasteiger partial charge in [0.1, 0.15) is 0 Å². The molecule has 68 valence electrons. The van der Waals surface area contributed by atoms with Gasteiger partial charge in [-0.2, -0.15) is 0 Å². The Morgan fingerprint density at radius 3 is 3.25 bits per heavy atom. The van der Waals surface area contributed by atoms with Gasteiger partial charge in [-0.05, 0) is 43.4 Å². The highest BCUT2D eigenvalue weighted by Gasteiger charge is 2.39. The summed E-state index contributed by atoms with van der Waals surface area (Å²) in [5.74, 6) is 0.846. The molecule has 1 saturated carbocycles. The molecule has 0 heterocycles. The van der Waals surface area contributed by atoms with Crippen molar-refractivity contribution in [2.24, 2.45) is 11.3 Å². The highest BCUT2D eigenvalue weighted by atomic mass is 16.3. The quantitative estimate of drug-likeness (QED) is 0.625. The molecule has 1 nitrogen and oxygen atoms in total. The second-order valence-corrected chi connectivity index (χ2v) is 4.73. The van der Waals surface area contributed by atoms with E-state index in [1.165, 1.54) is 25.7 Å². The lowest BCUT2D eigenvalue weighted by Crippen LogP contribution is -2.25. The zero-order valence-corrected chi connectivity index (χ0v) is 7.84. The Balaban J connectivity index is 2.09. The molecule has 1 fully saturated rings. The van der Waals surface area contributed by atoms with Gasteiger partial charge in [-0.15, -0.1) is 0 Å². The van der Waals surface area contributed by atoms with Crippen LogP contribution >= 0.6 is 0 Å². The number of allylic oxidation sites excluding steroid dienone is 2. The summed E-state index contributed by atoms with van der Waals surface area (Å²) in [5, 5.41) is 9.00. The molecule has 2 aliphatic carbocycles. The molecule has 1 heteroatoms. The van der Waals surface area contributed by atoms with Gasteiger partial charge in [0.25, 0.3) is 0 Å². The smallest absolute Gasteiger partial charge is 0.0436 e. The fraction of sp³-hybridized carbons (Fsp3) is 0.818. The Morgan fingerprint density at radius 1 is 1.67 bits per heavy atom. The van der Waals surface area contributed by atoms with Crippen molar-refractivity contribution in [2.45, 2.75) is 39.0 Å². The van der Waals surface area contributed by atoms with Gasteiger partial charge in [-0.25, -0.2) is 0 Å². The van der Waals surface area contributed by atoms with Gasteiger partial charge in [-0.1, -0.05) is 18.6 Å². The zero-order chi connectivity index (χ0) is 8.60. The van der Waals surface area contributed by atoms with Crippen molar-refractivity contribution >= 4 is 0 Å². The van der Waals surface area contributed by atoms with Gasteiger partial charge in [0.2, 0.25) is 0 Å². The van der Waals surface area contributed by atoms with Crippen LogP contribution < -0.4 is 0 Å². The van der Waals surface area contributed by atoms with E-state index in [0.29, 0.717) is 12.0 Å². The molecule has 1 N–H and O–H groups in total. The van der Waals surface area contributed by atoms with E-state index in [1.807, 2.05) is 0 Å². The van der Waals surface area contributed by atoms with E-state index in [4.69, 9.17) is 5.11 Å². The minimum atomic E-state index is 0.369. The van der Waals surface area contributed by atoms with Crippen LogP contribution in [0.2, 0.25) is 0 Å². The lowest BCUT2D eigenvalue weighted by atomic mass is 9.70. The Kier molecular flexibility index (Phi) is 1.99. The Bertz CT molecular complexity index is 207. The maximum Gasteiger partial charge on any atom is 0.0436 e. The van der Waals surface area contributed by atoms with Crippen LogP contribution in [0.5, 0.6) is 0 Å². The topological polar surface area (TPSA) is 20.2 Å². The van der Waals surface area contributed by atoms with Crippen molar-refractivity contribution in [2.75, 3.05) is 6.61 Å². The first-order chi connectivity index (χ1) is 5.74. The van der Waals surface area contributed by atoms with E-state index in [9.17, 15) is 0 Å². The van der Waals surface area contributed by atoms with Crippen molar-refractivity contribution in [3.05, 3.63) is 11.6 Å². The predicted octanol–water partition coefficient (Wildman–Crippen LogP) is 2.51. The molecule has 0 aliphatic heterocycles. The minimum Gasteiger partial charge on any atom is -0.396 e. The van der Waals surface area contributed by atoms with Gasteiger partial charge >= 0.3 is 0 Å². The van der Waals surface area contributed by atoms with Crippen molar-refractivity contribution < 1.29 is 5.11 Å². The third-order valence-corrected chi connectivity index (χ3v) is 3.46. The Morgan fingerprint density at radius 2 is 2.50 bits per heavy atom. The lowest BCUT2D eigenvalue weighted by Gasteiger charge is -2.35. The van der Waals surface area contributed by atoms with Crippen LogP contribution in [0.3, 0.4) is 0 Å². The summed E-state index contributed by atoms with van der Waals surface area (Å²) in [6.45, 7) is 2.71. The Labute approximate surface area is 74.5 Å². The molecule has 0 aromatic carbocycles. The molecule has 0 aromatic rings. The van der Waals surface area contributed by atoms with E-state index in [0.717, 1.165) is 12.3 Å². The van der Waals surface area contributed by atoms with Crippen molar-refractivity contribution in [3.63, 3.8) is 0 Å². The molecule has 0 aromatic heterocycles. The molecule has 2 rings (SSSR count). The highest BCUT2D eigenvalue weighted by molar-refractivity contribution is 5.19. The fourth-order valence-electron chi connectivity index (χ4n) is 3.09. The van der Waals surface area contributed by atoms with Crippen LogP contribution in [0.1, 0.15) is 39.0 Å². The van der Waals surface area contributed by atoms with Gasteiger partial charge in [-0.3, -0.25) is 0 Å².